The first kappa shape index (κ1) is 18.9. The molecule has 10 nitrogen and oxygen atoms in total. The second-order valence-electron chi connectivity index (χ2n) is 7.39. The van der Waals surface area contributed by atoms with Crippen molar-refractivity contribution in [1.82, 2.24) is 40.3 Å². The van der Waals surface area contributed by atoms with Gasteiger partial charge in [0.25, 0.3) is 5.91 Å². The molecule has 5 rings (SSSR count). The molecule has 1 N–H and O–H groups in total. The lowest BCUT2D eigenvalue weighted by atomic mass is 10.0. The van der Waals surface area contributed by atoms with Gasteiger partial charge >= 0.3 is 0 Å². The molecule has 0 fully saturated rings. The summed E-state index contributed by atoms with van der Waals surface area (Å²) in [6, 6.07) is 13.0. The van der Waals surface area contributed by atoms with Crippen molar-refractivity contribution < 1.29 is 9.53 Å². The maximum Gasteiger partial charge on any atom is 0.291 e. The third-order valence-corrected chi connectivity index (χ3v) is 5.31. The molecule has 0 saturated carbocycles. The molecule has 10 heteroatoms. The Kier molecular flexibility index (Phi) is 4.66. The normalized spacial score (nSPS) is 14.8. The van der Waals surface area contributed by atoms with E-state index in [-0.39, 0.29) is 12.4 Å². The number of para-hydroxylation sites is 2. The van der Waals surface area contributed by atoms with Crippen LogP contribution in [0.3, 0.4) is 0 Å². The molecule has 2 aromatic carbocycles. The number of fused-ring (bicyclic) bond motifs is 3. The van der Waals surface area contributed by atoms with Crippen LogP contribution in [0, 0.1) is 13.8 Å². The molecule has 156 valence electrons. The van der Waals surface area contributed by atoms with Crippen LogP contribution < -0.4 is 10.1 Å². The number of benzene rings is 2. The molecular weight excluding hydrogens is 396 g/mol. The summed E-state index contributed by atoms with van der Waals surface area (Å²) >= 11 is 0. The van der Waals surface area contributed by atoms with E-state index < -0.39 is 11.9 Å². The van der Waals surface area contributed by atoms with E-state index in [0.29, 0.717) is 18.1 Å². The highest BCUT2D eigenvalue weighted by molar-refractivity contribution is 5.90. The largest absolute Gasteiger partial charge is 0.489 e. The maximum atomic E-state index is 12.8. The summed E-state index contributed by atoms with van der Waals surface area (Å²) in [6.45, 7) is 4.84. The van der Waals surface area contributed by atoms with Gasteiger partial charge in [0.1, 0.15) is 30.4 Å². The van der Waals surface area contributed by atoms with Gasteiger partial charge in [-0.05, 0) is 53.1 Å². The zero-order valence-corrected chi connectivity index (χ0v) is 17.1. The van der Waals surface area contributed by atoms with Gasteiger partial charge in [0.05, 0.1) is 6.54 Å². The first-order valence-electron chi connectivity index (χ1n) is 9.86. The number of aromatic nitrogens is 7. The quantitative estimate of drug-likeness (QED) is 0.540. The fourth-order valence-corrected chi connectivity index (χ4v) is 3.65. The summed E-state index contributed by atoms with van der Waals surface area (Å²) in [7, 11) is 0. The Morgan fingerprint density at radius 3 is 2.81 bits per heavy atom. The van der Waals surface area contributed by atoms with E-state index in [1.165, 1.54) is 11.1 Å². The van der Waals surface area contributed by atoms with Gasteiger partial charge in [-0.15, -0.1) is 10.2 Å². The molecule has 1 unspecified atom stereocenters. The van der Waals surface area contributed by atoms with Crippen LogP contribution in [0.4, 0.5) is 0 Å². The van der Waals surface area contributed by atoms with E-state index in [1.807, 2.05) is 30.3 Å². The lowest BCUT2D eigenvalue weighted by Crippen LogP contribution is -2.34. The van der Waals surface area contributed by atoms with Gasteiger partial charge < -0.3 is 10.1 Å². The van der Waals surface area contributed by atoms with Gasteiger partial charge in [-0.3, -0.25) is 4.79 Å². The van der Waals surface area contributed by atoms with Crippen LogP contribution in [0.1, 0.15) is 39.2 Å². The molecule has 1 atom stereocenters. The fraction of sp³-hybridized carbons (Fsp3) is 0.238. The molecule has 1 aliphatic rings. The number of nitrogens with one attached hydrogen (secondary N) is 1. The van der Waals surface area contributed by atoms with Crippen molar-refractivity contribution in [3.8, 4) is 11.4 Å². The highest BCUT2D eigenvalue weighted by atomic mass is 16.5. The Bertz CT molecular complexity index is 1240. The van der Waals surface area contributed by atoms with Crippen LogP contribution in [0.5, 0.6) is 5.75 Å². The van der Waals surface area contributed by atoms with Gasteiger partial charge in [-0.2, -0.15) is 4.68 Å². The average molecular weight is 416 g/mol. The number of ether oxygens (including phenoxy) is 1. The number of amides is 1. The van der Waals surface area contributed by atoms with Crippen molar-refractivity contribution in [1.29, 1.82) is 0 Å². The second kappa shape index (κ2) is 7.63. The highest BCUT2D eigenvalue weighted by Gasteiger charge is 2.29. The third-order valence-electron chi connectivity index (χ3n) is 5.31. The molecule has 0 spiro atoms. The minimum Gasteiger partial charge on any atom is -0.489 e. The zero-order valence-electron chi connectivity index (χ0n) is 17.1. The highest BCUT2D eigenvalue weighted by Crippen LogP contribution is 2.28. The van der Waals surface area contributed by atoms with Gasteiger partial charge in [-0.1, -0.05) is 30.3 Å². The lowest BCUT2D eigenvalue weighted by Gasteiger charge is -2.13. The minimum absolute atomic E-state index is 0.0759. The molecule has 31 heavy (non-hydrogen) atoms. The lowest BCUT2D eigenvalue weighted by molar-refractivity contribution is 0.0909. The Morgan fingerprint density at radius 1 is 1.16 bits per heavy atom. The fourth-order valence-electron chi connectivity index (χ4n) is 3.65. The van der Waals surface area contributed by atoms with Crippen molar-refractivity contribution in [3.05, 3.63) is 77.1 Å². The minimum atomic E-state index is -0.555. The molecule has 1 aliphatic heterocycles. The standard InChI is InChI=1S/C21H20N8O2/c1-13-6-5-7-14(2)15(13)10-28-12-22-19(25-28)21(30)23-16-11-31-18-9-4-3-8-17(18)29-20(16)24-26-27-29/h3-9,12,16H,10-11H2,1-2H3,(H,23,30). The van der Waals surface area contributed by atoms with Crippen molar-refractivity contribution in [2.45, 2.75) is 26.4 Å². The maximum absolute atomic E-state index is 12.8. The summed E-state index contributed by atoms with van der Waals surface area (Å²) in [4.78, 5) is 17.0. The number of rotatable bonds is 4. The van der Waals surface area contributed by atoms with Gasteiger partial charge in [0.15, 0.2) is 5.82 Å². The predicted molar refractivity (Wildman–Crippen MR) is 110 cm³/mol. The molecule has 0 radical (unpaired) electrons. The van der Waals surface area contributed by atoms with E-state index in [1.54, 1.807) is 15.7 Å². The summed E-state index contributed by atoms with van der Waals surface area (Å²) in [5.41, 5.74) is 4.22. The van der Waals surface area contributed by atoms with Crippen LogP contribution >= 0.6 is 0 Å². The summed E-state index contributed by atoms with van der Waals surface area (Å²) in [6.07, 6.45) is 1.56. The van der Waals surface area contributed by atoms with E-state index in [9.17, 15) is 4.79 Å². The summed E-state index contributed by atoms with van der Waals surface area (Å²) in [5.74, 6) is 0.776. The predicted octanol–water partition coefficient (Wildman–Crippen LogP) is 1.78. The third kappa shape index (κ3) is 3.52. The molecular formula is C21H20N8O2. The Labute approximate surface area is 177 Å². The van der Waals surface area contributed by atoms with Gasteiger partial charge in [0.2, 0.25) is 5.82 Å². The van der Waals surface area contributed by atoms with Crippen LogP contribution in [-0.2, 0) is 6.54 Å². The molecule has 4 aromatic rings. The number of carbonyl (C=O) groups is 1. The first-order chi connectivity index (χ1) is 15.1. The van der Waals surface area contributed by atoms with Crippen LogP contribution in [-0.4, -0.2) is 47.5 Å². The number of nitrogens with zero attached hydrogens (tertiary/aromatic N) is 7. The van der Waals surface area contributed by atoms with Crippen LogP contribution in [0.25, 0.3) is 5.69 Å². The summed E-state index contributed by atoms with van der Waals surface area (Å²) < 4.78 is 9.09. The number of tetrazole rings is 1. The molecule has 1 amide bonds. The van der Waals surface area contributed by atoms with Gasteiger partial charge in [-0.25, -0.2) is 9.67 Å². The second-order valence-corrected chi connectivity index (χ2v) is 7.39. The van der Waals surface area contributed by atoms with E-state index >= 15 is 0 Å². The number of carbonyl (C=O) groups excluding carboxylic acids is 1. The monoisotopic (exact) mass is 416 g/mol. The van der Waals surface area contributed by atoms with Crippen molar-refractivity contribution >= 4 is 5.91 Å². The van der Waals surface area contributed by atoms with E-state index in [4.69, 9.17) is 4.74 Å². The van der Waals surface area contributed by atoms with Crippen molar-refractivity contribution in [2.24, 2.45) is 0 Å². The Balaban J connectivity index is 1.35. The SMILES string of the molecule is Cc1cccc(C)c1Cn1cnc(C(=O)NC2COc3ccccc3-n3nnnc32)n1. The number of hydrogen-bond donors (Lipinski definition) is 1. The zero-order chi connectivity index (χ0) is 21.4. The van der Waals surface area contributed by atoms with E-state index in [2.05, 4.69) is 56.9 Å². The van der Waals surface area contributed by atoms with Crippen molar-refractivity contribution in [3.63, 3.8) is 0 Å². The average Bonchev–Trinajstić information content (AvgIpc) is 3.41. The van der Waals surface area contributed by atoms with Crippen LogP contribution in [0.15, 0.2) is 48.8 Å². The summed E-state index contributed by atoms with van der Waals surface area (Å²) in [5, 5.41) is 19.1. The molecule has 3 heterocycles. The molecule has 0 bridgehead atoms. The smallest absolute Gasteiger partial charge is 0.291 e. The van der Waals surface area contributed by atoms with Gasteiger partial charge in [0, 0.05) is 0 Å². The molecule has 2 aromatic heterocycles. The topological polar surface area (TPSA) is 113 Å². The number of hydrogen-bond acceptors (Lipinski definition) is 7. The van der Waals surface area contributed by atoms with E-state index in [0.717, 1.165) is 11.3 Å². The van der Waals surface area contributed by atoms with Crippen molar-refractivity contribution in [2.75, 3.05) is 6.61 Å². The Morgan fingerprint density at radius 2 is 1.97 bits per heavy atom. The number of aryl methyl sites for hydroxylation is 2. The van der Waals surface area contributed by atoms with Crippen LogP contribution in [0.2, 0.25) is 0 Å². The Hall–Kier alpha value is -4.08. The molecule has 0 saturated heterocycles. The molecule has 0 aliphatic carbocycles. The first-order valence-corrected chi connectivity index (χ1v) is 9.86.